The Labute approximate surface area is 217 Å². The highest BCUT2D eigenvalue weighted by atomic mass is 16.5. The number of nitrogens with zero attached hydrogens (tertiary/aromatic N) is 2. The van der Waals surface area contributed by atoms with E-state index in [1.165, 1.54) is 0 Å². The van der Waals surface area contributed by atoms with Crippen LogP contribution in [-0.2, 0) is 4.74 Å². The zero-order valence-corrected chi connectivity index (χ0v) is 20.3. The Kier molecular flexibility index (Phi) is 5.23. The molecule has 1 spiro atoms. The van der Waals surface area contributed by atoms with Gasteiger partial charge in [0.25, 0.3) is 0 Å². The first kappa shape index (κ1) is 21.8. The van der Waals surface area contributed by atoms with Gasteiger partial charge in [0.2, 0.25) is 5.72 Å². The summed E-state index contributed by atoms with van der Waals surface area (Å²) in [7, 11) is 0. The van der Waals surface area contributed by atoms with Gasteiger partial charge in [0.15, 0.2) is 0 Å². The van der Waals surface area contributed by atoms with Crippen LogP contribution in [0, 0.1) is 0 Å². The summed E-state index contributed by atoms with van der Waals surface area (Å²) in [5.74, 6) is 0. The minimum atomic E-state index is -0.902. The van der Waals surface area contributed by atoms with Gasteiger partial charge < -0.3 is 9.64 Å². The summed E-state index contributed by atoms with van der Waals surface area (Å²) in [5.41, 5.74) is 6.70. The molecular weight excluding hydrogens is 452 g/mol. The lowest BCUT2D eigenvalue weighted by Gasteiger charge is -2.44. The van der Waals surface area contributed by atoms with Crippen molar-refractivity contribution < 1.29 is 4.74 Å². The topological polar surface area (TPSA) is 24.8 Å². The number of hydrogen-bond donors (Lipinski definition) is 0. The Morgan fingerprint density at radius 3 is 1.86 bits per heavy atom. The molecule has 37 heavy (non-hydrogen) atoms. The molecule has 3 aliphatic rings. The van der Waals surface area contributed by atoms with Crippen LogP contribution in [-0.4, -0.2) is 22.5 Å². The van der Waals surface area contributed by atoms with E-state index < -0.39 is 5.72 Å². The van der Waals surface area contributed by atoms with Crippen LogP contribution >= 0.6 is 0 Å². The van der Waals surface area contributed by atoms with Crippen molar-refractivity contribution >= 4 is 17.0 Å². The highest BCUT2D eigenvalue weighted by Crippen LogP contribution is 2.54. The summed E-state index contributed by atoms with van der Waals surface area (Å²) in [4.78, 5) is 7.71. The molecule has 3 unspecified atom stereocenters. The van der Waals surface area contributed by atoms with E-state index in [1.54, 1.807) is 0 Å². The van der Waals surface area contributed by atoms with Crippen LogP contribution in [0.25, 0.3) is 11.3 Å². The number of benzene rings is 4. The highest BCUT2D eigenvalue weighted by Gasteiger charge is 2.58. The average Bonchev–Trinajstić information content (AvgIpc) is 3.54. The third-order valence-corrected chi connectivity index (χ3v) is 7.29. The van der Waals surface area contributed by atoms with Crippen LogP contribution in [0.15, 0.2) is 151 Å². The molecule has 0 saturated carbocycles. The van der Waals surface area contributed by atoms with Crippen molar-refractivity contribution in [2.24, 2.45) is 4.99 Å². The van der Waals surface area contributed by atoms with E-state index in [9.17, 15) is 0 Å². The van der Waals surface area contributed by atoms with E-state index in [-0.39, 0.29) is 12.3 Å². The summed E-state index contributed by atoms with van der Waals surface area (Å²) in [6.45, 7) is 0. The quantitative estimate of drug-likeness (QED) is 0.308. The van der Waals surface area contributed by atoms with Crippen LogP contribution in [0.2, 0.25) is 0 Å². The van der Waals surface area contributed by atoms with Crippen LogP contribution in [0.3, 0.4) is 0 Å². The second-order valence-electron chi connectivity index (χ2n) is 9.47. The molecule has 3 atom stereocenters. The predicted molar refractivity (Wildman–Crippen MR) is 150 cm³/mol. The van der Waals surface area contributed by atoms with Gasteiger partial charge in [0.1, 0.15) is 18.0 Å². The summed E-state index contributed by atoms with van der Waals surface area (Å²) >= 11 is 0. The smallest absolute Gasteiger partial charge is 0.214 e. The fraction of sp³-hybridized carbons (Fsp3) is 0.0882. The molecule has 0 N–H and O–H groups in total. The zero-order valence-electron chi connectivity index (χ0n) is 20.3. The Hall–Kier alpha value is -4.47. The zero-order chi connectivity index (χ0) is 24.7. The lowest BCUT2D eigenvalue weighted by molar-refractivity contribution is -0.0497. The molecule has 0 fully saturated rings. The third kappa shape index (κ3) is 3.51. The second kappa shape index (κ2) is 8.88. The van der Waals surface area contributed by atoms with Gasteiger partial charge >= 0.3 is 0 Å². The van der Waals surface area contributed by atoms with Crippen molar-refractivity contribution in [1.82, 2.24) is 4.90 Å². The SMILES string of the molecule is C1=CC2N=C(c3ccccc3)C3(OC(c4ccccc4)C=C3c3ccccc3)N2C(c2ccccc2)=C1. The van der Waals surface area contributed by atoms with E-state index in [4.69, 9.17) is 9.73 Å². The first-order chi connectivity index (χ1) is 18.3. The molecule has 3 nitrogen and oxygen atoms in total. The summed E-state index contributed by atoms with van der Waals surface area (Å²) in [6, 6.07) is 42.1. The molecule has 0 saturated heterocycles. The van der Waals surface area contributed by atoms with E-state index in [0.29, 0.717) is 0 Å². The van der Waals surface area contributed by atoms with Crippen molar-refractivity contribution in [3.05, 3.63) is 168 Å². The van der Waals surface area contributed by atoms with Crippen molar-refractivity contribution in [2.45, 2.75) is 18.0 Å². The van der Waals surface area contributed by atoms with E-state index >= 15 is 0 Å². The average molecular weight is 479 g/mol. The van der Waals surface area contributed by atoms with E-state index in [1.807, 2.05) is 12.1 Å². The number of fused-ring (bicyclic) bond motifs is 2. The van der Waals surface area contributed by atoms with Gasteiger partial charge in [-0.3, -0.25) is 4.99 Å². The molecular formula is C34H26N2O. The number of rotatable bonds is 4. The fourth-order valence-electron chi connectivity index (χ4n) is 5.69. The first-order valence-corrected chi connectivity index (χ1v) is 12.7. The predicted octanol–water partition coefficient (Wildman–Crippen LogP) is 7.28. The Bertz CT molecular complexity index is 1540. The molecule has 3 heteroatoms. The fourth-order valence-corrected chi connectivity index (χ4v) is 5.69. The monoisotopic (exact) mass is 478 g/mol. The van der Waals surface area contributed by atoms with Crippen molar-refractivity contribution in [3.8, 4) is 0 Å². The largest absolute Gasteiger partial charge is 0.333 e. The minimum absolute atomic E-state index is 0.183. The molecule has 0 bridgehead atoms. The minimum Gasteiger partial charge on any atom is -0.333 e. The van der Waals surface area contributed by atoms with Gasteiger partial charge in [-0.1, -0.05) is 127 Å². The van der Waals surface area contributed by atoms with Gasteiger partial charge in [-0.2, -0.15) is 0 Å². The van der Waals surface area contributed by atoms with Crippen LogP contribution in [0.4, 0.5) is 0 Å². The van der Waals surface area contributed by atoms with E-state index in [0.717, 1.165) is 39.2 Å². The van der Waals surface area contributed by atoms with Crippen molar-refractivity contribution in [1.29, 1.82) is 0 Å². The maximum Gasteiger partial charge on any atom is 0.214 e. The van der Waals surface area contributed by atoms with Crippen molar-refractivity contribution in [3.63, 3.8) is 0 Å². The number of hydrogen-bond acceptors (Lipinski definition) is 3. The molecule has 4 aromatic carbocycles. The summed E-state index contributed by atoms with van der Waals surface area (Å²) in [6.07, 6.45) is 8.34. The van der Waals surface area contributed by atoms with Crippen molar-refractivity contribution in [2.75, 3.05) is 0 Å². The Morgan fingerprint density at radius 1 is 0.649 bits per heavy atom. The molecule has 0 radical (unpaired) electrons. The molecule has 3 aliphatic heterocycles. The lowest BCUT2D eigenvalue weighted by Crippen LogP contribution is -2.53. The number of aliphatic imine (C=N–C) groups is 1. The van der Waals surface area contributed by atoms with Gasteiger partial charge in [0.05, 0.1) is 0 Å². The molecule has 0 amide bonds. The molecule has 178 valence electrons. The molecule has 3 heterocycles. The van der Waals surface area contributed by atoms with Crippen LogP contribution in [0.5, 0.6) is 0 Å². The van der Waals surface area contributed by atoms with E-state index in [2.05, 4.69) is 138 Å². The van der Waals surface area contributed by atoms with Crippen LogP contribution in [0.1, 0.15) is 28.4 Å². The van der Waals surface area contributed by atoms with Gasteiger partial charge in [-0.15, -0.1) is 0 Å². The van der Waals surface area contributed by atoms with Gasteiger partial charge in [-0.05, 0) is 34.9 Å². The van der Waals surface area contributed by atoms with Gasteiger partial charge in [-0.25, -0.2) is 0 Å². The lowest BCUT2D eigenvalue weighted by atomic mass is 9.87. The molecule has 0 aliphatic carbocycles. The van der Waals surface area contributed by atoms with Gasteiger partial charge in [0, 0.05) is 16.8 Å². The summed E-state index contributed by atoms with van der Waals surface area (Å²) < 4.78 is 7.28. The Morgan fingerprint density at radius 2 is 1.22 bits per heavy atom. The first-order valence-electron chi connectivity index (χ1n) is 12.7. The normalized spacial score (nSPS) is 24.0. The number of allylic oxidation sites excluding steroid dienone is 2. The molecule has 4 aromatic rings. The maximum absolute atomic E-state index is 7.28. The third-order valence-electron chi connectivity index (χ3n) is 7.29. The standard InChI is InChI=1S/C34H26N2O/c1-5-14-25(15-6-1)29-24-31(27-18-9-3-10-19-27)37-34(29)33(28-20-11-4-12-21-28)35-32-23-13-22-30(36(32)34)26-16-7-2-8-17-26/h1-24,31-32H. The summed E-state index contributed by atoms with van der Waals surface area (Å²) in [5, 5.41) is 0. The molecule has 7 rings (SSSR count). The Balaban J connectivity index is 1.49. The highest BCUT2D eigenvalue weighted by molar-refractivity contribution is 6.16. The second-order valence-corrected chi connectivity index (χ2v) is 9.47. The maximum atomic E-state index is 7.28. The molecule has 0 aromatic heterocycles. The number of ether oxygens (including phenoxy) is 1. The van der Waals surface area contributed by atoms with Crippen LogP contribution < -0.4 is 0 Å².